The smallest absolute Gasteiger partial charge is 0.240 e. The molecule has 2 N–H and O–H groups in total. The lowest BCUT2D eigenvalue weighted by molar-refractivity contribution is 0.321. The molecule has 2 aromatic rings. The first kappa shape index (κ1) is 26.5. The van der Waals surface area contributed by atoms with Gasteiger partial charge < -0.3 is 15.2 Å². The summed E-state index contributed by atoms with van der Waals surface area (Å²) in [5, 5.41) is 6.14. The Balaban J connectivity index is 1.24. The molecular weight excluding hydrogens is 503 g/mol. The van der Waals surface area contributed by atoms with Crippen LogP contribution in [0.1, 0.15) is 36.4 Å². The van der Waals surface area contributed by atoms with E-state index in [0.717, 1.165) is 48.6 Å². The van der Waals surface area contributed by atoms with Gasteiger partial charge in [0.1, 0.15) is 11.7 Å². The summed E-state index contributed by atoms with van der Waals surface area (Å²) >= 11 is 0. The fourth-order valence-electron chi connectivity index (χ4n) is 5.44. The first-order chi connectivity index (χ1) is 18.5. The molecule has 0 bridgehead atoms. The third-order valence-electron chi connectivity index (χ3n) is 7.57. The second-order valence-corrected chi connectivity index (χ2v) is 12.0. The molecule has 1 aliphatic carbocycles. The first-order valence-electron chi connectivity index (χ1n) is 13.2. The largest absolute Gasteiger partial charge is 0.349 e. The van der Waals surface area contributed by atoms with Crippen LogP contribution < -0.4 is 10.6 Å². The molecule has 1 saturated heterocycles. The number of nitrogens with one attached hydrogen (secondary N) is 2. The third kappa shape index (κ3) is 5.82. The van der Waals surface area contributed by atoms with E-state index in [2.05, 4.69) is 37.3 Å². The summed E-state index contributed by atoms with van der Waals surface area (Å²) < 4.78 is 44.0. The number of aromatic nitrogens is 2. The molecule has 2 atom stereocenters. The molecule has 8 nitrogen and oxygen atoms in total. The van der Waals surface area contributed by atoms with E-state index in [9.17, 15) is 12.8 Å². The maximum Gasteiger partial charge on any atom is 0.240 e. The molecule has 1 aromatic carbocycles. The van der Waals surface area contributed by atoms with Crippen molar-refractivity contribution >= 4 is 15.9 Å². The van der Waals surface area contributed by atoms with Crippen molar-refractivity contribution in [2.45, 2.75) is 38.1 Å². The van der Waals surface area contributed by atoms with Crippen LogP contribution in [0, 0.1) is 11.7 Å². The van der Waals surface area contributed by atoms with Crippen LogP contribution >= 0.6 is 0 Å². The van der Waals surface area contributed by atoms with Gasteiger partial charge in [-0.25, -0.2) is 17.8 Å². The minimum atomic E-state index is -3.55. The molecule has 3 heterocycles. The number of aryl methyl sites for hydroxylation is 2. The van der Waals surface area contributed by atoms with Crippen LogP contribution in [-0.4, -0.2) is 61.3 Å². The van der Waals surface area contributed by atoms with E-state index in [1.165, 1.54) is 12.1 Å². The predicted octanol–water partition coefficient (Wildman–Crippen LogP) is 3.34. The maximum atomic E-state index is 13.5. The molecule has 0 spiro atoms. The number of likely N-dealkylation sites (N-methyl/N-ethyl adjacent to an activating group) is 1. The van der Waals surface area contributed by atoms with Crippen LogP contribution in [0.3, 0.4) is 0 Å². The summed E-state index contributed by atoms with van der Waals surface area (Å²) in [4.78, 5) is 9.32. The van der Waals surface area contributed by atoms with Gasteiger partial charge >= 0.3 is 0 Å². The summed E-state index contributed by atoms with van der Waals surface area (Å²) in [5.74, 6) is 0.975. The molecule has 0 amide bonds. The molecule has 0 saturated carbocycles. The second kappa shape index (κ2) is 11.8. The van der Waals surface area contributed by atoms with Crippen molar-refractivity contribution in [1.82, 2.24) is 24.5 Å². The molecule has 1 aromatic heterocycles. The molecule has 2 aliphatic heterocycles. The SMILES string of the molecule is CNCCN=C1CCC(S(=O)(=O)N2CCC3C(=CC=CC3c3cncn3CCc3ccc(F)cc3)C2)=CN1. The van der Waals surface area contributed by atoms with Gasteiger partial charge in [0.2, 0.25) is 10.0 Å². The fraction of sp³-hybridized carbons (Fsp3) is 0.429. The number of nitrogens with zero attached hydrogens (tertiary/aromatic N) is 4. The Labute approximate surface area is 224 Å². The van der Waals surface area contributed by atoms with E-state index in [-0.39, 0.29) is 17.7 Å². The van der Waals surface area contributed by atoms with Crippen LogP contribution in [0.2, 0.25) is 0 Å². The Morgan fingerprint density at radius 2 is 2.08 bits per heavy atom. The van der Waals surface area contributed by atoms with Gasteiger partial charge in [0.05, 0.1) is 17.8 Å². The molecule has 10 heteroatoms. The molecular formula is C28H35FN6O2S. The van der Waals surface area contributed by atoms with E-state index >= 15 is 0 Å². The highest BCUT2D eigenvalue weighted by Crippen LogP contribution is 2.41. The van der Waals surface area contributed by atoms with E-state index in [1.54, 1.807) is 10.5 Å². The van der Waals surface area contributed by atoms with Gasteiger partial charge in [-0.1, -0.05) is 35.9 Å². The number of amidine groups is 1. The van der Waals surface area contributed by atoms with E-state index in [1.807, 2.05) is 37.8 Å². The zero-order chi connectivity index (χ0) is 26.5. The Morgan fingerprint density at radius 1 is 1.24 bits per heavy atom. The molecule has 1 fully saturated rings. The highest BCUT2D eigenvalue weighted by atomic mass is 32.2. The number of sulfonamides is 1. The lowest BCUT2D eigenvalue weighted by Crippen LogP contribution is -2.43. The average Bonchev–Trinajstić information content (AvgIpc) is 3.41. The van der Waals surface area contributed by atoms with Crippen LogP contribution in [0.15, 0.2) is 76.7 Å². The number of piperidine rings is 1. The Morgan fingerprint density at radius 3 is 2.84 bits per heavy atom. The second-order valence-electron chi connectivity index (χ2n) is 9.96. The third-order valence-corrected chi connectivity index (χ3v) is 9.55. The van der Waals surface area contributed by atoms with Gasteiger partial charge in [0.25, 0.3) is 0 Å². The number of imidazole rings is 1. The van der Waals surface area contributed by atoms with Crippen molar-refractivity contribution in [3.63, 3.8) is 0 Å². The Hall–Kier alpha value is -3.08. The molecule has 5 rings (SSSR count). The number of benzene rings is 1. The van der Waals surface area contributed by atoms with Crippen LogP contribution in [-0.2, 0) is 23.0 Å². The number of hydrogen-bond donors (Lipinski definition) is 2. The number of rotatable bonds is 9. The van der Waals surface area contributed by atoms with Gasteiger partial charge in [0, 0.05) is 56.6 Å². The van der Waals surface area contributed by atoms with E-state index < -0.39 is 10.0 Å². The average molecular weight is 539 g/mol. The molecule has 202 valence electrons. The van der Waals surface area contributed by atoms with Crippen LogP contribution in [0.4, 0.5) is 4.39 Å². The van der Waals surface area contributed by atoms with E-state index in [4.69, 9.17) is 0 Å². The number of aliphatic imine (C=N–C) groups is 1. The Bertz CT molecular complexity index is 1360. The highest BCUT2D eigenvalue weighted by Gasteiger charge is 2.38. The molecule has 38 heavy (non-hydrogen) atoms. The topological polar surface area (TPSA) is 91.6 Å². The lowest BCUT2D eigenvalue weighted by atomic mass is 9.76. The van der Waals surface area contributed by atoms with Crippen molar-refractivity contribution in [2.75, 3.05) is 33.2 Å². The zero-order valence-corrected chi connectivity index (χ0v) is 22.5. The van der Waals surface area contributed by atoms with Gasteiger partial charge in [-0.15, -0.1) is 0 Å². The highest BCUT2D eigenvalue weighted by molar-refractivity contribution is 7.93. The van der Waals surface area contributed by atoms with Gasteiger partial charge in [-0.3, -0.25) is 4.99 Å². The van der Waals surface area contributed by atoms with Crippen molar-refractivity contribution in [2.24, 2.45) is 10.9 Å². The summed E-state index contributed by atoms with van der Waals surface area (Å²) in [6.45, 7) is 3.08. The van der Waals surface area contributed by atoms with Crippen LogP contribution in [0.25, 0.3) is 0 Å². The minimum absolute atomic E-state index is 0.141. The van der Waals surface area contributed by atoms with Crippen molar-refractivity contribution in [3.8, 4) is 0 Å². The van der Waals surface area contributed by atoms with Crippen molar-refractivity contribution < 1.29 is 12.8 Å². The fourth-order valence-corrected chi connectivity index (χ4v) is 7.00. The zero-order valence-electron chi connectivity index (χ0n) is 21.7. The number of allylic oxidation sites excluding steroid dienone is 4. The summed E-state index contributed by atoms with van der Waals surface area (Å²) in [6.07, 6.45) is 14.3. The lowest BCUT2D eigenvalue weighted by Gasteiger charge is -2.39. The van der Waals surface area contributed by atoms with Crippen LogP contribution in [0.5, 0.6) is 0 Å². The monoisotopic (exact) mass is 538 g/mol. The number of hydrogen-bond acceptors (Lipinski definition) is 5. The maximum absolute atomic E-state index is 13.5. The number of fused-ring (bicyclic) bond motifs is 1. The predicted molar refractivity (Wildman–Crippen MR) is 148 cm³/mol. The standard InChI is InChI=1S/C28H35FN6O2S/c1-30-13-14-32-28-10-9-24(17-33-28)38(36,37)35-16-12-25-22(19-35)3-2-4-26(25)27-18-31-20-34(27)15-11-21-5-7-23(29)8-6-21/h2-8,17-18,20,25-26,30H,9-16,19H2,1H3,(H,32,33). The quantitative estimate of drug-likeness (QED) is 0.478. The summed E-state index contributed by atoms with van der Waals surface area (Å²) in [6, 6.07) is 6.62. The summed E-state index contributed by atoms with van der Waals surface area (Å²) in [7, 11) is -1.67. The van der Waals surface area contributed by atoms with Gasteiger partial charge in [0.15, 0.2) is 0 Å². The van der Waals surface area contributed by atoms with Crippen molar-refractivity contribution in [1.29, 1.82) is 0 Å². The van der Waals surface area contributed by atoms with Gasteiger partial charge in [-0.2, -0.15) is 4.31 Å². The summed E-state index contributed by atoms with van der Waals surface area (Å²) in [5.41, 5.74) is 3.34. The molecule has 3 aliphatic rings. The van der Waals surface area contributed by atoms with Gasteiger partial charge in [-0.05, 0) is 49.9 Å². The normalized spacial score (nSPS) is 23.1. The number of halogens is 1. The molecule has 0 radical (unpaired) electrons. The first-order valence-corrected chi connectivity index (χ1v) is 14.6. The molecule has 2 unspecified atom stereocenters. The van der Waals surface area contributed by atoms with Crippen molar-refractivity contribution in [3.05, 3.63) is 88.8 Å². The minimum Gasteiger partial charge on any atom is -0.349 e. The Kier molecular flexibility index (Phi) is 8.21. The van der Waals surface area contributed by atoms with E-state index in [0.29, 0.717) is 37.4 Å².